The number of allylic oxidation sites excluding steroid dienone is 3. The summed E-state index contributed by atoms with van der Waals surface area (Å²) in [6.45, 7) is 31.6. The van der Waals surface area contributed by atoms with Crippen molar-refractivity contribution in [1.82, 2.24) is 0 Å². The molecule has 4 aliphatic carbocycles. The summed E-state index contributed by atoms with van der Waals surface area (Å²) in [5.41, 5.74) is 4.00. The minimum absolute atomic E-state index is 0.145. The van der Waals surface area contributed by atoms with Crippen LogP contribution in [0.3, 0.4) is 0 Å². The molecule has 4 aliphatic rings. The third-order valence-corrected chi connectivity index (χ3v) is 21.9. The van der Waals surface area contributed by atoms with E-state index in [0.29, 0.717) is 11.5 Å². The molecule has 2 nitrogen and oxygen atoms in total. The van der Waals surface area contributed by atoms with Gasteiger partial charge in [0.05, 0.1) is 12.2 Å². The van der Waals surface area contributed by atoms with Crippen molar-refractivity contribution >= 4 is 16.6 Å². The molecule has 0 aromatic heterocycles. The number of hydrogen-bond acceptors (Lipinski definition) is 2. The van der Waals surface area contributed by atoms with Crippen LogP contribution in [0.2, 0.25) is 36.3 Å². The minimum Gasteiger partial charge on any atom is -0.414 e. The van der Waals surface area contributed by atoms with Gasteiger partial charge in [-0.05, 0) is 111 Å². The van der Waals surface area contributed by atoms with Gasteiger partial charge in [-0.15, -0.1) is 0 Å². The Kier molecular flexibility index (Phi) is 7.61. The molecule has 212 valence electrons. The highest BCUT2D eigenvalue weighted by Gasteiger charge is 2.61. The lowest BCUT2D eigenvalue weighted by molar-refractivity contribution is -0.0882. The Morgan fingerprint density at radius 1 is 0.892 bits per heavy atom. The fraction of sp³-hybridized carbons (Fsp3) is 0.879. The van der Waals surface area contributed by atoms with E-state index >= 15 is 0 Å². The van der Waals surface area contributed by atoms with Gasteiger partial charge < -0.3 is 8.85 Å². The van der Waals surface area contributed by atoms with Crippen LogP contribution in [0.25, 0.3) is 0 Å². The van der Waals surface area contributed by atoms with Gasteiger partial charge in [0.25, 0.3) is 0 Å². The van der Waals surface area contributed by atoms with E-state index in [-0.39, 0.29) is 21.6 Å². The largest absolute Gasteiger partial charge is 0.414 e. The molecule has 0 amide bonds. The SMILES string of the molecule is C/C=C1/CCC2C3CC=C4C[C@@H](O[Si](C)(C)C(C)(C)C)C[C@H](O[Si](C)(C)C(C)(C)C)[C@]4(C)C3CC[C@]12C. The van der Waals surface area contributed by atoms with Gasteiger partial charge >= 0.3 is 0 Å². The van der Waals surface area contributed by atoms with Gasteiger partial charge in [-0.25, -0.2) is 0 Å². The molecular weight excluding hydrogens is 485 g/mol. The summed E-state index contributed by atoms with van der Waals surface area (Å²) in [6, 6.07) is 0. The van der Waals surface area contributed by atoms with Crippen LogP contribution >= 0.6 is 0 Å². The Morgan fingerprint density at radius 2 is 1.49 bits per heavy atom. The molecule has 3 fully saturated rings. The van der Waals surface area contributed by atoms with Crippen LogP contribution in [-0.4, -0.2) is 28.8 Å². The molecule has 4 heteroatoms. The van der Waals surface area contributed by atoms with Crippen molar-refractivity contribution in [3.63, 3.8) is 0 Å². The maximum Gasteiger partial charge on any atom is 0.192 e. The predicted molar refractivity (Wildman–Crippen MR) is 165 cm³/mol. The van der Waals surface area contributed by atoms with Crippen molar-refractivity contribution in [2.24, 2.45) is 28.6 Å². The summed E-state index contributed by atoms with van der Waals surface area (Å²) in [5.74, 6) is 2.38. The summed E-state index contributed by atoms with van der Waals surface area (Å²) in [4.78, 5) is 0. The normalized spacial score (nSPS) is 40.2. The molecule has 0 spiro atoms. The molecule has 0 bridgehead atoms. The molecule has 3 saturated carbocycles. The van der Waals surface area contributed by atoms with E-state index in [1.165, 1.54) is 32.1 Å². The van der Waals surface area contributed by atoms with Crippen molar-refractivity contribution in [3.8, 4) is 0 Å². The molecule has 0 radical (unpaired) electrons. The van der Waals surface area contributed by atoms with Crippen LogP contribution in [0.4, 0.5) is 0 Å². The van der Waals surface area contributed by atoms with E-state index < -0.39 is 16.6 Å². The molecule has 0 heterocycles. The highest BCUT2D eigenvalue weighted by molar-refractivity contribution is 6.74. The van der Waals surface area contributed by atoms with Gasteiger partial charge in [-0.1, -0.05) is 78.7 Å². The van der Waals surface area contributed by atoms with Crippen LogP contribution in [0.15, 0.2) is 23.3 Å². The summed E-state index contributed by atoms with van der Waals surface area (Å²) < 4.78 is 14.6. The van der Waals surface area contributed by atoms with E-state index in [4.69, 9.17) is 8.85 Å². The van der Waals surface area contributed by atoms with E-state index in [0.717, 1.165) is 30.6 Å². The van der Waals surface area contributed by atoms with Crippen molar-refractivity contribution < 1.29 is 8.85 Å². The van der Waals surface area contributed by atoms with Gasteiger partial charge in [0.15, 0.2) is 16.6 Å². The Morgan fingerprint density at radius 3 is 2.05 bits per heavy atom. The number of rotatable bonds is 4. The lowest BCUT2D eigenvalue weighted by Gasteiger charge is -2.61. The maximum absolute atomic E-state index is 7.50. The monoisotopic (exact) mass is 544 g/mol. The first-order valence-electron chi connectivity index (χ1n) is 15.5. The first-order valence-corrected chi connectivity index (χ1v) is 21.3. The van der Waals surface area contributed by atoms with Crippen LogP contribution in [0.1, 0.15) is 107 Å². The summed E-state index contributed by atoms with van der Waals surface area (Å²) in [7, 11) is -3.79. The molecule has 4 rings (SSSR count). The number of hydrogen-bond donors (Lipinski definition) is 0. The van der Waals surface area contributed by atoms with Crippen LogP contribution < -0.4 is 0 Å². The van der Waals surface area contributed by atoms with Gasteiger partial charge in [0.2, 0.25) is 0 Å². The molecule has 37 heavy (non-hydrogen) atoms. The molecule has 0 N–H and O–H groups in total. The van der Waals surface area contributed by atoms with Gasteiger partial charge in [0, 0.05) is 5.41 Å². The van der Waals surface area contributed by atoms with Crippen molar-refractivity contribution in [2.45, 2.75) is 156 Å². The first kappa shape index (κ1) is 29.8. The second-order valence-electron chi connectivity index (χ2n) is 16.7. The molecule has 7 atom stereocenters. The van der Waals surface area contributed by atoms with Crippen LogP contribution in [0, 0.1) is 28.6 Å². The molecule has 0 aliphatic heterocycles. The minimum atomic E-state index is -1.94. The Labute approximate surface area is 232 Å². The Balaban J connectivity index is 1.72. The topological polar surface area (TPSA) is 18.5 Å². The zero-order chi connectivity index (χ0) is 27.8. The molecule has 0 aromatic rings. The van der Waals surface area contributed by atoms with Crippen molar-refractivity contribution in [3.05, 3.63) is 23.3 Å². The average molecular weight is 545 g/mol. The third kappa shape index (κ3) is 4.86. The lowest BCUT2D eigenvalue weighted by atomic mass is 9.47. The lowest BCUT2D eigenvalue weighted by Crippen LogP contribution is -2.59. The van der Waals surface area contributed by atoms with E-state index in [2.05, 4.69) is 101 Å². The number of fused-ring (bicyclic) bond motifs is 5. The maximum atomic E-state index is 7.50. The summed E-state index contributed by atoms with van der Waals surface area (Å²) in [5, 5.41) is 0.447. The Bertz CT molecular complexity index is 933. The predicted octanol–water partition coefficient (Wildman–Crippen LogP) is 10.3. The van der Waals surface area contributed by atoms with Gasteiger partial charge in [-0.3, -0.25) is 0 Å². The van der Waals surface area contributed by atoms with E-state index in [1.807, 2.05) is 0 Å². The molecule has 3 unspecified atom stereocenters. The quantitative estimate of drug-likeness (QED) is 0.259. The van der Waals surface area contributed by atoms with Crippen molar-refractivity contribution in [2.75, 3.05) is 0 Å². The van der Waals surface area contributed by atoms with Crippen LogP contribution in [-0.2, 0) is 8.85 Å². The average Bonchev–Trinajstić information content (AvgIpc) is 3.09. The highest BCUT2D eigenvalue weighted by atomic mass is 28.4. The zero-order valence-corrected chi connectivity index (χ0v) is 28.8. The fourth-order valence-electron chi connectivity index (χ4n) is 8.37. The zero-order valence-electron chi connectivity index (χ0n) is 26.8. The second-order valence-corrected chi connectivity index (χ2v) is 26.3. The van der Waals surface area contributed by atoms with E-state index in [1.54, 1.807) is 11.1 Å². The third-order valence-electron chi connectivity index (χ3n) is 12.8. The second kappa shape index (κ2) is 9.45. The highest BCUT2D eigenvalue weighted by Crippen LogP contribution is 2.67. The summed E-state index contributed by atoms with van der Waals surface area (Å²) in [6.07, 6.45) is 14.6. The Hall–Kier alpha value is -0.166. The summed E-state index contributed by atoms with van der Waals surface area (Å²) >= 11 is 0. The standard InChI is InChI=1S/C33H60O2Si2/c1-14-23-16-18-27-26-17-15-24-21-25(34-36(10,11)30(2,3)4)22-29(35-37(12,13)31(5,6)7)33(24,9)28(26)19-20-32(23,27)8/h14-15,25-29H,16-22H2,1-13H3/b23-14-/t25-,26?,27?,28?,29+,32-,33+/m1/s1. The smallest absolute Gasteiger partial charge is 0.192 e. The van der Waals surface area contributed by atoms with Gasteiger partial charge in [0.1, 0.15) is 0 Å². The first-order chi connectivity index (χ1) is 16.8. The molecule has 0 aromatic carbocycles. The molecule has 0 saturated heterocycles. The van der Waals surface area contributed by atoms with Crippen LogP contribution in [0.5, 0.6) is 0 Å². The van der Waals surface area contributed by atoms with E-state index in [9.17, 15) is 0 Å². The molecular formula is C33H60O2Si2. The fourth-order valence-corrected chi connectivity index (χ4v) is 11.1. The van der Waals surface area contributed by atoms with Crippen molar-refractivity contribution in [1.29, 1.82) is 0 Å². The van der Waals surface area contributed by atoms with Gasteiger partial charge in [-0.2, -0.15) is 0 Å².